The number of allylic oxidation sites excluding steroid dienone is 6. The van der Waals surface area contributed by atoms with Gasteiger partial charge in [-0.05, 0) is 77.2 Å². The molecule has 0 N–H and O–H groups in total. The molecule has 1 atom stereocenters. The van der Waals surface area contributed by atoms with Gasteiger partial charge in [-0.2, -0.15) is 0 Å². The molecule has 0 amide bonds. The normalized spacial score (nSPS) is 11.0. The van der Waals surface area contributed by atoms with Crippen LogP contribution in [0.4, 0.5) is 0 Å². The van der Waals surface area contributed by atoms with Crippen LogP contribution in [-0.4, -0.2) is 0 Å². The van der Waals surface area contributed by atoms with E-state index in [4.69, 9.17) is 0 Å². The van der Waals surface area contributed by atoms with Gasteiger partial charge in [0.25, 0.3) is 0 Å². The Kier molecular flexibility index (Phi) is 19.0. The number of terminal acetylenes is 1. The third kappa shape index (κ3) is 9.49. The lowest BCUT2D eigenvalue weighted by molar-refractivity contribution is 0.831. The average Bonchev–Trinajstić information content (AvgIpc) is 2.71. The number of hydrogen-bond acceptors (Lipinski definition) is 0. The molecular weight excluding hydrogens is 360 g/mol. The van der Waals surface area contributed by atoms with E-state index in [0.717, 1.165) is 17.6 Å². The summed E-state index contributed by atoms with van der Waals surface area (Å²) in [5.74, 6) is 0.259. The van der Waals surface area contributed by atoms with E-state index in [-0.39, 0.29) is 5.92 Å². The molecule has 0 spiro atoms. The van der Waals surface area contributed by atoms with Crippen molar-refractivity contribution in [2.75, 3.05) is 0 Å². The van der Waals surface area contributed by atoms with Crippen molar-refractivity contribution in [3.8, 4) is 12.8 Å². The Hall–Kier alpha value is -2.26. The topological polar surface area (TPSA) is 0 Å². The van der Waals surface area contributed by atoms with Crippen LogP contribution in [0.2, 0.25) is 0 Å². The minimum absolute atomic E-state index is 0.259. The van der Waals surface area contributed by atoms with Crippen LogP contribution in [-0.2, 0) is 0 Å². The van der Waals surface area contributed by atoms with E-state index in [1.54, 1.807) is 0 Å². The third-order valence-electron chi connectivity index (χ3n) is 4.87. The summed E-state index contributed by atoms with van der Waals surface area (Å²) in [5.41, 5.74) is 11.8. The molecule has 0 aliphatic heterocycles. The molecule has 1 aromatic rings. The highest BCUT2D eigenvalue weighted by Crippen LogP contribution is 2.42. The summed E-state index contributed by atoms with van der Waals surface area (Å²) in [5, 5.41) is 0. The zero-order valence-electron chi connectivity index (χ0n) is 22.1. The van der Waals surface area contributed by atoms with Crippen LogP contribution < -0.4 is 0 Å². The first-order chi connectivity index (χ1) is 14.1. The van der Waals surface area contributed by atoms with Gasteiger partial charge in [0.1, 0.15) is 0 Å². The van der Waals surface area contributed by atoms with Crippen molar-refractivity contribution >= 4 is 0 Å². The summed E-state index contributed by atoms with van der Waals surface area (Å²) in [6.45, 7) is 33.9. The van der Waals surface area contributed by atoms with Crippen LogP contribution in [0, 0.1) is 26.7 Å². The summed E-state index contributed by atoms with van der Waals surface area (Å²) in [6, 6.07) is 6.80. The molecule has 0 heteroatoms. The van der Waals surface area contributed by atoms with Gasteiger partial charge in [0.05, 0.1) is 0 Å². The second-order valence-corrected chi connectivity index (χ2v) is 7.27. The molecule has 1 aromatic carbocycles. The zero-order valence-corrected chi connectivity index (χ0v) is 22.1. The molecule has 1 rings (SSSR count). The molecule has 0 bridgehead atoms. The molecule has 0 saturated heterocycles. The van der Waals surface area contributed by atoms with Crippen molar-refractivity contribution in [2.24, 2.45) is 0 Å². The van der Waals surface area contributed by atoms with Gasteiger partial charge in [0.15, 0.2) is 0 Å². The van der Waals surface area contributed by atoms with Gasteiger partial charge in [0.2, 0.25) is 0 Å². The first-order valence-corrected chi connectivity index (χ1v) is 11.2. The van der Waals surface area contributed by atoms with Crippen LogP contribution in [0.25, 0.3) is 0 Å². The van der Waals surface area contributed by atoms with E-state index < -0.39 is 0 Å². The molecule has 0 heterocycles. The smallest absolute Gasteiger partial charge is 0.0308 e. The van der Waals surface area contributed by atoms with Gasteiger partial charge in [-0.25, -0.2) is 0 Å². The minimum Gasteiger partial charge on any atom is -0.124 e. The Bertz CT molecular complexity index is 743. The Morgan fingerprint density at radius 2 is 1.33 bits per heavy atom. The molecule has 0 aliphatic carbocycles. The summed E-state index contributed by atoms with van der Waals surface area (Å²) < 4.78 is 0. The van der Waals surface area contributed by atoms with Crippen LogP contribution in [0.5, 0.6) is 0 Å². The second kappa shape index (κ2) is 17.6. The van der Waals surface area contributed by atoms with Crippen molar-refractivity contribution in [3.05, 3.63) is 81.5 Å². The molecule has 0 aliphatic rings. The molecule has 0 aromatic heterocycles. The van der Waals surface area contributed by atoms with Gasteiger partial charge in [-0.3, -0.25) is 0 Å². The van der Waals surface area contributed by atoms with Gasteiger partial charge in [-0.15, -0.1) is 12.8 Å². The fraction of sp³-hybridized carbons (Fsp3) is 0.467. The maximum absolute atomic E-state index is 4.29. The predicted octanol–water partition coefficient (Wildman–Crippen LogP) is 9.90. The van der Waals surface area contributed by atoms with E-state index in [1.165, 1.54) is 39.0 Å². The maximum atomic E-state index is 4.29. The Labute approximate surface area is 189 Å². The maximum Gasteiger partial charge on any atom is 0.0308 e. The van der Waals surface area contributed by atoms with Gasteiger partial charge in [-0.1, -0.05) is 93.8 Å². The summed E-state index contributed by atoms with van der Waals surface area (Å²) in [7, 11) is 0. The fourth-order valence-corrected chi connectivity index (χ4v) is 3.59. The van der Waals surface area contributed by atoms with Crippen molar-refractivity contribution in [1.82, 2.24) is 0 Å². The standard InChI is InChI=1S/C24H34.2C2H6.C2H2/c1-11-21(20(10)15(2)3)24(23(16(4)5)17(6)7)22-13-12-18(8)14-19(22)9;3*1-2/h12-14,24H,2,4,11H2,1,3,5-10H3;2*1-2H3;1-2H/b21-20+;;;. The van der Waals surface area contributed by atoms with Gasteiger partial charge >= 0.3 is 0 Å². The molecule has 0 fully saturated rings. The number of rotatable bonds is 6. The fourth-order valence-electron chi connectivity index (χ4n) is 3.59. The monoisotopic (exact) mass is 408 g/mol. The van der Waals surface area contributed by atoms with Crippen molar-refractivity contribution in [3.63, 3.8) is 0 Å². The Morgan fingerprint density at radius 3 is 1.63 bits per heavy atom. The zero-order chi connectivity index (χ0) is 24.6. The first kappa shape index (κ1) is 32.4. The Balaban J connectivity index is -0.00000111. The quantitative estimate of drug-likeness (QED) is 0.324. The van der Waals surface area contributed by atoms with E-state index in [1.807, 2.05) is 27.7 Å². The highest BCUT2D eigenvalue weighted by Gasteiger charge is 2.25. The van der Waals surface area contributed by atoms with Crippen LogP contribution in [0.3, 0.4) is 0 Å². The number of aryl methyl sites for hydroxylation is 2. The molecule has 1 unspecified atom stereocenters. The van der Waals surface area contributed by atoms with Crippen molar-refractivity contribution < 1.29 is 0 Å². The summed E-state index contributed by atoms with van der Waals surface area (Å²) in [6.07, 6.45) is 9.01. The van der Waals surface area contributed by atoms with E-state index >= 15 is 0 Å². The summed E-state index contributed by atoms with van der Waals surface area (Å²) in [4.78, 5) is 0. The highest BCUT2D eigenvalue weighted by molar-refractivity contribution is 5.53. The van der Waals surface area contributed by atoms with Crippen molar-refractivity contribution in [2.45, 2.75) is 95.4 Å². The van der Waals surface area contributed by atoms with Crippen LogP contribution in [0.1, 0.15) is 98.3 Å². The SMILES string of the molecule is C#C.C=C(C)C(=C(C)C)C(/C(CC)=C(\C)C(=C)C)c1ccc(C)cc1C.CC.CC. The third-order valence-corrected chi connectivity index (χ3v) is 4.87. The van der Waals surface area contributed by atoms with Crippen LogP contribution in [0.15, 0.2) is 64.8 Å². The van der Waals surface area contributed by atoms with Gasteiger partial charge < -0.3 is 0 Å². The van der Waals surface area contributed by atoms with E-state index in [0.29, 0.717) is 0 Å². The number of hydrogen-bond donors (Lipinski definition) is 0. The summed E-state index contributed by atoms with van der Waals surface area (Å²) >= 11 is 0. The van der Waals surface area contributed by atoms with Crippen molar-refractivity contribution in [1.29, 1.82) is 0 Å². The van der Waals surface area contributed by atoms with Crippen LogP contribution >= 0.6 is 0 Å². The van der Waals surface area contributed by atoms with Gasteiger partial charge in [0, 0.05) is 5.92 Å². The first-order valence-electron chi connectivity index (χ1n) is 11.2. The lowest BCUT2D eigenvalue weighted by Crippen LogP contribution is -2.12. The number of benzene rings is 1. The predicted molar refractivity (Wildman–Crippen MR) is 142 cm³/mol. The Morgan fingerprint density at radius 1 is 0.867 bits per heavy atom. The average molecular weight is 409 g/mol. The minimum atomic E-state index is 0.259. The second-order valence-electron chi connectivity index (χ2n) is 7.27. The molecule has 168 valence electrons. The molecule has 0 saturated carbocycles. The molecular formula is C30H48. The molecule has 0 radical (unpaired) electrons. The highest BCUT2D eigenvalue weighted by atomic mass is 14.3. The van der Waals surface area contributed by atoms with E-state index in [2.05, 4.69) is 99.6 Å². The largest absolute Gasteiger partial charge is 0.124 e. The van der Waals surface area contributed by atoms with E-state index in [9.17, 15) is 0 Å². The molecule has 0 nitrogen and oxygen atoms in total. The lowest BCUT2D eigenvalue weighted by Gasteiger charge is -2.29. The molecule has 30 heavy (non-hydrogen) atoms. The lowest BCUT2D eigenvalue weighted by atomic mass is 9.75.